The minimum absolute atomic E-state index is 0.413. The molecule has 0 spiro atoms. The molecule has 4 N–H and O–H groups in total. The van der Waals surface area contributed by atoms with Crippen molar-refractivity contribution < 1.29 is 4.79 Å². The van der Waals surface area contributed by atoms with Crippen molar-refractivity contribution in [3.05, 3.63) is 0 Å². The first-order chi connectivity index (χ1) is 7.94. The van der Waals surface area contributed by atoms with Crippen LogP contribution in [-0.2, 0) is 4.79 Å². The molecule has 0 saturated heterocycles. The number of nitrogens with zero attached hydrogens (tertiary/aromatic N) is 1. The van der Waals surface area contributed by atoms with Gasteiger partial charge in [-0.05, 0) is 39.3 Å². The molecular weight excluding hydrogens is 214 g/mol. The zero-order chi connectivity index (χ0) is 13.3. The maximum Gasteiger partial charge on any atom is 0.237 e. The monoisotopic (exact) mass is 243 g/mol. The molecule has 0 aromatic heterocycles. The fourth-order valence-corrected chi connectivity index (χ4v) is 1.61. The zero-order valence-electron chi connectivity index (χ0n) is 11.7. The third-order valence-electron chi connectivity index (χ3n) is 3.17. The molecule has 0 heterocycles. The Bertz CT molecular complexity index is 209. The van der Waals surface area contributed by atoms with E-state index >= 15 is 0 Å². The number of hydrogen-bond donors (Lipinski definition) is 2. The fourth-order valence-electron chi connectivity index (χ4n) is 1.61. The number of amides is 1. The summed E-state index contributed by atoms with van der Waals surface area (Å²) in [6, 6.07) is 0. The van der Waals surface area contributed by atoms with Crippen molar-refractivity contribution in [2.24, 2.45) is 11.5 Å². The van der Waals surface area contributed by atoms with Crippen LogP contribution in [0.4, 0.5) is 0 Å². The van der Waals surface area contributed by atoms with E-state index in [1.807, 2.05) is 0 Å². The van der Waals surface area contributed by atoms with E-state index in [-0.39, 0.29) is 0 Å². The summed E-state index contributed by atoms with van der Waals surface area (Å²) in [6.07, 6.45) is 5.41. The number of carbonyl (C=O) groups is 1. The van der Waals surface area contributed by atoms with E-state index in [9.17, 15) is 4.79 Å². The number of nitrogens with two attached hydrogens (primary N) is 2. The Kier molecular flexibility index (Phi) is 8.17. The SMILES string of the molecule is CCCCN(CCCC)CCC(C)(N)C(N)=O. The largest absolute Gasteiger partial charge is 0.368 e. The molecular formula is C13H29N3O. The van der Waals surface area contributed by atoms with Crippen LogP contribution in [0.5, 0.6) is 0 Å². The summed E-state index contributed by atoms with van der Waals surface area (Å²) in [4.78, 5) is 13.5. The van der Waals surface area contributed by atoms with Crippen molar-refractivity contribution in [2.45, 2.75) is 58.4 Å². The van der Waals surface area contributed by atoms with Crippen LogP contribution >= 0.6 is 0 Å². The predicted octanol–water partition coefficient (Wildman–Crippen LogP) is 1.48. The third-order valence-corrected chi connectivity index (χ3v) is 3.17. The zero-order valence-corrected chi connectivity index (χ0v) is 11.7. The first-order valence-corrected chi connectivity index (χ1v) is 6.75. The molecule has 102 valence electrons. The Morgan fingerprint density at radius 3 is 1.94 bits per heavy atom. The normalized spacial score (nSPS) is 14.9. The second-order valence-electron chi connectivity index (χ2n) is 5.08. The van der Waals surface area contributed by atoms with Gasteiger partial charge in [0, 0.05) is 6.54 Å². The summed E-state index contributed by atoms with van der Waals surface area (Å²) in [5, 5.41) is 0. The summed E-state index contributed by atoms with van der Waals surface area (Å²) >= 11 is 0. The van der Waals surface area contributed by atoms with Crippen LogP contribution in [0.15, 0.2) is 0 Å². The van der Waals surface area contributed by atoms with Gasteiger partial charge in [-0.15, -0.1) is 0 Å². The topological polar surface area (TPSA) is 72.3 Å². The molecule has 1 unspecified atom stereocenters. The number of rotatable bonds is 10. The number of primary amides is 1. The number of carbonyl (C=O) groups excluding carboxylic acids is 1. The van der Waals surface area contributed by atoms with Crippen LogP contribution < -0.4 is 11.5 Å². The number of unbranched alkanes of at least 4 members (excludes halogenated alkanes) is 2. The van der Waals surface area contributed by atoms with Crippen molar-refractivity contribution in [3.63, 3.8) is 0 Å². The van der Waals surface area contributed by atoms with Crippen LogP contribution in [0.25, 0.3) is 0 Å². The van der Waals surface area contributed by atoms with E-state index in [1.165, 1.54) is 25.7 Å². The Morgan fingerprint density at radius 1 is 1.12 bits per heavy atom. The summed E-state index contributed by atoms with van der Waals surface area (Å²) in [5.74, 6) is -0.413. The van der Waals surface area contributed by atoms with Crippen molar-refractivity contribution in [1.82, 2.24) is 4.90 Å². The standard InChI is InChI=1S/C13H29N3O/c1-4-6-9-16(10-7-5-2)11-8-13(3,15)12(14)17/h4-11,15H2,1-3H3,(H2,14,17). The molecule has 0 aliphatic carbocycles. The van der Waals surface area contributed by atoms with Crippen molar-refractivity contribution >= 4 is 5.91 Å². The minimum Gasteiger partial charge on any atom is -0.368 e. The highest BCUT2D eigenvalue weighted by atomic mass is 16.1. The Labute approximate surface area is 106 Å². The lowest BCUT2D eigenvalue weighted by molar-refractivity contribution is -0.122. The van der Waals surface area contributed by atoms with Gasteiger partial charge in [-0.1, -0.05) is 26.7 Å². The summed E-state index contributed by atoms with van der Waals surface area (Å²) in [5.41, 5.74) is 10.3. The molecule has 4 heteroatoms. The Hall–Kier alpha value is -0.610. The van der Waals surface area contributed by atoms with Gasteiger partial charge >= 0.3 is 0 Å². The minimum atomic E-state index is -0.878. The predicted molar refractivity (Wildman–Crippen MR) is 72.7 cm³/mol. The molecule has 1 atom stereocenters. The Morgan fingerprint density at radius 2 is 1.59 bits per heavy atom. The van der Waals surface area contributed by atoms with Crippen molar-refractivity contribution in [3.8, 4) is 0 Å². The van der Waals surface area contributed by atoms with Gasteiger partial charge in [-0.25, -0.2) is 0 Å². The number of hydrogen-bond acceptors (Lipinski definition) is 3. The molecule has 1 amide bonds. The molecule has 0 aliphatic heterocycles. The molecule has 0 aromatic rings. The molecule has 0 bridgehead atoms. The van der Waals surface area contributed by atoms with E-state index in [2.05, 4.69) is 18.7 Å². The molecule has 17 heavy (non-hydrogen) atoms. The van der Waals surface area contributed by atoms with Crippen LogP contribution in [0, 0.1) is 0 Å². The molecule has 4 nitrogen and oxygen atoms in total. The highest BCUT2D eigenvalue weighted by Crippen LogP contribution is 2.08. The lowest BCUT2D eigenvalue weighted by Gasteiger charge is -2.27. The van der Waals surface area contributed by atoms with Gasteiger partial charge in [-0.3, -0.25) is 4.79 Å². The van der Waals surface area contributed by atoms with Gasteiger partial charge in [0.2, 0.25) is 5.91 Å². The highest BCUT2D eigenvalue weighted by molar-refractivity contribution is 5.83. The first-order valence-electron chi connectivity index (χ1n) is 6.75. The van der Waals surface area contributed by atoms with Crippen LogP contribution in [0.2, 0.25) is 0 Å². The van der Waals surface area contributed by atoms with Crippen LogP contribution in [-0.4, -0.2) is 36.0 Å². The quantitative estimate of drug-likeness (QED) is 0.610. The third kappa shape index (κ3) is 7.34. The van der Waals surface area contributed by atoms with E-state index in [4.69, 9.17) is 11.5 Å². The second kappa shape index (κ2) is 8.48. The highest BCUT2D eigenvalue weighted by Gasteiger charge is 2.25. The van der Waals surface area contributed by atoms with Gasteiger partial charge in [0.05, 0.1) is 5.54 Å². The molecule has 0 aliphatic rings. The summed E-state index contributed by atoms with van der Waals surface area (Å²) < 4.78 is 0. The average Bonchev–Trinajstić information content (AvgIpc) is 2.28. The molecule has 0 radical (unpaired) electrons. The van der Waals surface area contributed by atoms with E-state index in [0.717, 1.165) is 19.6 Å². The van der Waals surface area contributed by atoms with Crippen molar-refractivity contribution in [1.29, 1.82) is 0 Å². The molecule has 0 rings (SSSR count). The van der Waals surface area contributed by atoms with E-state index < -0.39 is 11.4 Å². The maximum absolute atomic E-state index is 11.1. The van der Waals surface area contributed by atoms with E-state index in [0.29, 0.717) is 6.42 Å². The average molecular weight is 243 g/mol. The lowest BCUT2D eigenvalue weighted by atomic mass is 9.98. The maximum atomic E-state index is 11.1. The summed E-state index contributed by atoms with van der Waals surface area (Å²) in [6.45, 7) is 9.13. The van der Waals surface area contributed by atoms with Crippen LogP contribution in [0.3, 0.4) is 0 Å². The van der Waals surface area contributed by atoms with Gasteiger partial charge in [0.1, 0.15) is 0 Å². The van der Waals surface area contributed by atoms with Crippen molar-refractivity contribution in [2.75, 3.05) is 19.6 Å². The first kappa shape index (κ1) is 16.4. The van der Waals surface area contributed by atoms with Gasteiger partial charge in [0.15, 0.2) is 0 Å². The fraction of sp³-hybridized carbons (Fsp3) is 0.923. The molecule has 0 fully saturated rings. The smallest absolute Gasteiger partial charge is 0.237 e. The van der Waals surface area contributed by atoms with E-state index in [1.54, 1.807) is 6.92 Å². The van der Waals surface area contributed by atoms with Crippen LogP contribution in [0.1, 0.15) is 52.9 Å². The Balaban J connectivity index is 4.09. The van der Waals surface area contributed by atoms with Gasteiger partial charge < -0.3 is 16.4 Å². The van der Waals surface area contributed by atoms with Gasteiger partial charge in [0.25, 0.3) is 0 Å². The summed E-state index contributed by atoms with van der Waals surface area (Å²) in [7, 11) is 0. The van der Waals surface area contributed by atoms with Gasteiger partial charge in [-0.2, -0.15) is 0 Å². The molecule has 0 saturated carbocycles. The molecule has 0 aromatic carbocycles. The second-order valence-corrected chi connectivity index (χ2v) is 5.08. The lowest BCUT2D eigenvalue weighted by Crippen LogP contribution is -2.51.